The molecule has 4 nitrogen and oxygen atoms in total. The SMILES string of the molecule is CCCOCCNC(=O)CCCO. The van der Waals surface area contributed by atoms with Gasteiger partial charge in [-0.1, -0.05) is 6.92 Å². The Labute approximate surface area is 79.3 Å². The minimum Gasteiger partial charge on any atom is -0.396 e. The summed E-state index contributed by atoms with van der Waals surface area (Å²) >= 11 is 0. The highest BCUT2D eigenvalue weighted by molar-refractivity contribution is 5.75. The Morgan fingerprint density at radius 3 is 2.85 bits per heavy atom. The van der Waals surface area contributed by atoms with E-state index < -0.39 is 0 Å². The van der Waals surface area contributed by atoms with Gasteiger partial charge in [0.2, 0.25) is 5.91 Å². The molecule has 0 aromatic rings. The topological polar surface area (TPSA) is 58.6 Å². The summed E-state index contributed by atoms with van der Waals surface area (Å²) in [4.78, 5) is 11.0. The number of aliphatic hydroxyl groups is 1. The highest BCUT2D eigenvalue weighted by atomic mass is 16.5. The van der Waals surface area contributed by atoms with Gasteiger partial charge in [-0.05, 0) is 12.8 Å². The zero-order chi connectivity index (χ0) is 9.94. The van der Waals surface area contributed by atoms with E-state index in [0.29, 0.717) is 26.0 Å². The number of amides is 1. The number of hydrogen-bond acceptors (Lipinski definition) is 3. The monoisotopic (exact) mass is 189 g/mol. The molecule has 0 heterocycles. The van der Waals surface area contributed by atoms with Crippen LogP contribution in [0.25, 0.3) is 0 Å². The predicted octanol–water partition coefficient (Wildman–Crippen LogP) is 0.302. The van der Waals surface area contributed by atoms with Gasteiger partial charge in [0.25, 0.3) is 0 Å². The summed E-state index contributed by atoms with van der Waals surface area (Å²) in [6.45, 7) is 3.98. The number of nitrogens with one attached hydrogen (secondary N) is 1. The average Bonchev–Trinajstić information content (AvgIpc) is 2.14. The zero-order valence-electron chi connectivity index (χ0n) is 8.21. The van der Waals surface area contributed by atoms with Crippen LogP contribution in [-0.2, 0) is 9.53 Å². The highest BCUT2D eigenvalue weighted by Gasteiger charge is 1.98. The number of rotatable bonds is 8. The maximum Gasteiger partial charge on any atom is 0.220 e. The summed E-state index contributed by atoms with van der Waals surface area (Å²) in [6.07, 6.45) is 1.92. The molecule has 0 radical (unpaired) electrons. The molecule has 0 aliphatic carbocycles. The van der Waals surface area contributed by atoms with Crippen molar-refractivity contribution in [3.63, 3.8) is 0 Å². The van der Waals surface area contributed by atoms with Gasteiger partial charge in [0, 0.05) is 26.2 Å². The Hall–Kier alpha value is -0.610. The largest absolute Gasteiger partial charge is 0.396 e. The third kappa shape index (κ3) is 9.30. The zero-order valence-corrected chi connectivity index (χ0v) is 8.21. The highest BCUT2D eigenvalue weighted by Crippen LogP contribution is 1.86. The lowest BCUT2D eigenvalue weighted by Gasteiger charge is -2.04. The summed E-state index contributed by atoms with van der Waals surface area (Å²) in [6, 6.07) is 0. The lowest BCUT2D eigenvalue weighted by atomic mass is 10.3. The normalized spacial score (nSPS) is 10.0. The molecule has 0 bridgehead atoms. The van der Waals surface area contributed by atoms with E-state index in [-0.39, 0.29) is 12.5 Å². The molecule has 4 heteroatoms. The van der Waals surface area contributed by atoms with E-state index in [9.17, 15) is 4.79 Å². The molecule has 0 saturated heterocycles. The van der Waals surface area contributed by atoms with Crippen molar-refractivity contribution in [1.82, 2.24) is 5.32 Å². The predicted molar refractivity (Wildman–Crippen MR) is 50.4 cm³/mol. The molecule has 0 unspecified atom stereocenters. The van der Waals surface area contributed by atoms with Crippen molar-refractivity contribution in [3.05, 3.63) is 0 Å². The number of aliphatic hydroxyl groups excluding tert-OH is 1. The molecule has 1 amide bonds. The van der Waals surface area contributed by atoms with Gasteiger partial charge >= 0.3 is 0 Å². The van der Waals surface area contributed by atoms with Crippen molar-refractivity contribution in [1.29, 1.82) is 0 Å². The summed E-state index contributed by atoms with van der Waals surface area (Å²) < 4.78 is 5.17. The van der Waals surface area contributed by atoms with E-state index in [0.717, 1.165) is 13.0 Å². The second kappa shape index (κ2) is 9.48. The number of hydrogen-bond donors (Lipinski definition) is 2. The molecule has 0 aromatic heterocycles. The first-order valence-corrected chi connectivity index (χ1v) is 4.76. The van der Waals surface area contributed by atoms with Crippen LogP contribution in [0.3, 0.4) is 0 Å². The molecule has 78 valence electrons. The molecular weight excluding hydrogens is 170 g/mol. The van der Waals surface area contributed by atoms with E-state index >= 15 is 0 Å². The van der Waals surface area contributed by atoms with Crippen LogP contribution in [0, 0.1) is 0 Å². The fourth-order valence-corrected chi connectivity index (χ4v) is 0.837. The molecule has 0 atom stereocenters. The number of carbonyl (C=O) groups excluding carboxylic acids is 1. The molecule has 0 rings (SSSR count). The first-order chi connectivity index (χ1) is 6.31. The summed E-state index contributed by atoms with van der Waals surface area (Å²) in [7, 11) is 0. The van der Waals surface area contributed by atoms with Crippen molar-refractivity contribution in [3.8, 4) is 0 Å². The van der Waals surface area contributed by atoms with E-state index in [1.165, 1.54) is 0 Å². The van der Waals surface area contributed by atoms with Crippen LogP contribution in [0.4, 0.5) is 0 Å². The van der Waals surface area contributed by atoms with Gasteiger partial charge < -0.3 is 15.2 Å². The van der Waals surface area contributed by atoms with Crippen LogP contribution in [0.2, 0.25) is 0 Å². The third-order valence-corrected chi connectivity index (χ3v) is 1.48. The Balaban J connectivity index is 3.08. The van der Waals surface area contributed by atoms with Crippen molar-refractivity contribution in [2.24, 2.45) is 0 Å². The van der Waals surface area contributed by atoms with E-state index in [1.54, 1.807) is 0 Å². The third-order valence-electron chi connectivity index (χ3n) is 1.48. The van der Waals surface area contributed by atoms with Gasteiger partial charge in [-0.3, -0.25) is 4.79 Å². The quantitative estimate of drug-likeness (QED) is 0.540. The van der Waals surface area contributed by atoms with Crippen LogP contribution in [0.5, 0.6) is 0 Å². The Morgan fingerprint density at radius 2 is 2.23 bits per heavy atom. The van der Waals surface area contributed by atoms with Crippen LogP contribution in [0.15, 0.2) is 0 Å². The molecule has 13 heavy (non-hydrogen) atoms. The Bertz CT molecular complexity index is 128. The van der Waals surface area contributed by atoms with Gasteiger partial charge in [0.15, 0.2) is 0 Å². The molecule has 0 saturated carbocycles. The lowest BCUT2D eigenvalue weighted by molar-refractivity contribution is -0.121. The lowest BCUT2D eigenvalue weighted by Crippen LogP contribution is -2.27. The van der Waals surface area contributed by atoms with Gasteiger partial charge in [-0.2, -0.15) is 0 Å². The minimum absolute atomic E-state index is 0.0193. The maximum absolute atomic E-state index is 11.0. The Kier molecular flexibility index (Phi) is 9.03. The summed E-state index contributed by atoms with van der Waals surface area (Å²) in [5.41, 5.74) is 0. The van der Waals surface area contributed by atoms with Crippen LogP contribution >= 0.6 is 0 Å². The molecule has 0 spiro atoms. The first-order valence-electron chi connectivity index (χ1n) is 4.76. The van der Waals surface area contributed by atoms with E-state index in [1.807, 2.05) is 6.92 Å². The van der Waals surface area contributed by atoms with Crippen LogP contribution in [-0.4, -0.2) is 37.4 Å². The average molecular weight is 189 g/mol. The Morgan fingerprint density at radius 1 is 1.46 bits per heavy atom. The molecule has 0 fully saturated rings. The minimum atomic E-state index is -0.0193. The second-order valence-corrected chi connectivity index (χ2v) is 2.79. The molecule has 0 aromatic carbocycles. The molecule has 0 aliphatic heterocycles. The number of carbonyl (C=O) groups is 1. The van der Waals surface area contributed by atoms with Gasteiger partial charge in [-0.25, -0.2) is 0 Å². The molecule has 2 N–H and O–H groups in total. The van der Waals surface area contributed by atoms with Crippen molar-refractivity contribution in [2.45, 2.75) is 26.2 Å². The fourth-order valence-electron chi connectivity index (χ4n) is 0.837. The molecule has 0 aliphatic rings. The van der Waals surface area contributed by atoms with Gasteiger partial charge in [0.05, 0.1) is 6.61 Å². The molecular formula is C9H19NO3. The van der Waals surface area contributed by atoms with E-state index in [2.05, 4.69) is 5.32 Å². The van der Waals surface area contributed by atoms with E-state index in [4.69, 9.17) is 9.84 Å². The smallest absolute Gasteiger partial charge is 0.220 e. The van der Waals surface area contributed by atoms with Crippen molar-refractivity contribution in [2.75, 3.05) is 26.4 Å². The number of ether oxygens (including phenoxy) is 1. The standard InChI is InChI=1S/C9H19NO3/c1-2-7-13-8-5-10-9(12)4-3-6-11/h11H,2-8H2,1H3,(H,10,12). The summed E-state index contributed by atoms with van der Waals surface area (Å²) in [5, 5.41) is 11.2. The second-order valence-electron chi connectivity index (χ2n) is 2.79. The van der Waals surface area contributed by atoms with Gasteiger partial charge in [0.1, 0.15) is 0 Å². The van der Waals surface area contributed by atoms with Crippen molar-refractivity contribution < 1.29 is 14.6 Å². The van der Waals surface area contributed by atoms with Crippen molar-refractivity contribution >= 4 is 5.91 Å². The summed E-state index contributed by atoms with van der Waals surface area (Å²) in [5.74, 6) is -0.0193. The fraction of sp³-hybridized carbons (Fsp3) is 0.889. The maximum atomic E-state index is 11.0. The first kappa shape index (κ1) is 12.4. The van der Waals surface area contributed by atoms with Crippen LogP contribution < -0.4 is 5.32 Å². The van der Waals surface area contributed by atoms with Gasteiger partial charge in [-0.15, -0.1) is 0 Å². The van der Waals surface area contributed by atoms with Crippen LogP contribution in [0.1, 0.15) is 26.2 Å².